The second-order valence-corrected chi connectivity index (χ2v) is 7.25. The minimum atomic E-state index is -0.198. The number of carbonyl (C=O) groups is 1. The van der Waals surface area contributed by atoms with Gasteiger partial charge in [0, 0.05) is 49.9 Å². The van der Waals surface area contributed by atoms with Crippen LogP contribution in [-0.2, 0) is 16.0 Å². The molecule has 1 saturated heterocycles. The van der Waals surface area contributed by atoms with E-state index in [9.17, 15) is 10.1 Å². The second-order valence-electron chi connectivity index (χ2n) is 6.40. The molecule has 0 aromatic heterocycles. The normalized spacial score (nSPS) is 17.0. The molecule has 0 saturated carbocycles. The van der Waals surface area contributed by atoms with Crippen LogP contribution in [0.4, 0.5) is 5.69 Å². The molecule has 0 atom stereocenters. The Morgan fingerprint density at radius 2 is 2.08 bits per heavy atom. The summed E-state index contributed by atoms with van der Waals surface area (Å²) in [5.41, 5.74) is 4.10. The molecule has 0 spiro atoms. The number of anilines is 1. The zero-order chi connectivity index (χ0) is 18.0. The molecule has 1 aliphatic carbocycles. The van der Waals surface area contributed by atoms with E-state index in [2.05, 4.69) is 33.0 Å². The highest BCUT2D eigenvalue weighted by Crippen LogP contribution is 2.36. The lowest BCUT2D eigenvalue weighted by Crippen LogP contribution is -2.36. The largest absolute Gasteiger partial charge is 0.382 e. The summed E-state index contributed by atoms with van der Waals surface area (Å²) in [6, 6.07) is 6.21. The Hall–Kier alpha value is -2.10. The zero-order valence-corrected chi connectivity index (χ0v) is 16.0. The Morgan fingerprint density at radius 1 is 1.36 bits per heavy atom. The Labute approximate surface area is 156 Å². The summed E-state index contributed by atoms with van der Waals surface area (Å²) >= 11 is 3.66. The molecule has 1 aromatic carbocycles. The third-order valence-electron chi connectivity index (χ3n) is 4.32. The maximum absolute atomic E-state index is 12.6. The average Bonchev–Trinajstić information content (AvgIpc) is 3.01. The van der Waals surface area contributed by atoms with Crippen molar-refractivity contribution in [1.82, 2.24) is 4.90 Å². The first-order valence-electron chi connectivity index (χ1n) is 8.18. The Bertz CT molecular complexity index is 800. The maximum Gasteiger partial charge on any atom is 0.201 e. The predicted octanol–water partition coefficient (Wildman–Crippen LogP) is 2.76. The topological polar surface area (TPSA) is 56.6 Å². The number of halogens is 1. The summed E-state index contributed by atoms with van der Waals surface area (Å²) in [4.78, 5) is 16.6. The van der Waals surface area contributed by atoms with Crippen molar-refractivity contribution in [2.24, 2.45) is 0 Å². The van der Waals surface area contributed by atoms with Gasteiger partial charge in [-0.15, -0.1) is 0 Å². The van der Waals surface area contributed by atoms with Crippen molar-refractivity contribution in [3.05, 3.63) is 45.1 Å². The van der Waals surface area contributed by atoms with Crippen molar-refractivity contribution in [3.63, 3.8) is 0 Å². The van der Waals surface area contributed by atoms with Gasteiger partial charge in [0.2, 0.25) is 5.78 Å². The number of nitrogens with zero attached hydrogens (tertiary/aromatic N) is 3. The number of morpholine rings is 1. The number of benzene rings is 1. The quantitative estimate of drug-likeness (QED) is 0.573. The Balaban J connectivity index is 1.88. The summed E-state index contributed by atoms with van der Waals surface area (Å²) < 4.78 is 6.45. The van der Waals surface area contributed by atoms with E-state index in [0.717, 1.165) is 47.6 Å². The van der Waals surface area contributed by atoms with Crippen molar-refractivity contribution in [2.75, 3.05) is 45.3 Å². The van der Waals surface area contributed by atoms with Gasteiger partial charge in [-0.1, -0.05) is 0 Å². The number of carbonyl (C=O) groups excluding carboxylic acids is 1. The first kappa shape index (κ1) is 17.7. The Morgan fingerprint density at radius 3 is 2.72 bits per heavy atom. The number of nitriles is 1. The highest BCUT2D eigenvalue weighted by atomic mass is 79.9. The van der Waals surface area contributed by atoms with E-state index in [1.54, 1.807) is 25.2 Å². The number of Topliss-reactive ketones (excluding diaryl/α,β-unsaturated/α-hetero) is 1. The minimum absolute atomic E-state index is 0.163. The van der Waals surface area contributed by atoms with Crippen molar-refractivity contribution >= 4 is 33.5 Å². The fraction of sp³-hybridized carbons (Fsp3) is 0.368. The van der Waals surface area contributed by atoms with Gasteiger partial charge in [0.25, 0.3) is 0 Å². The van der Waals surface area contributed by atoms with Crippen molar-refractivity contribution < 1.29 is 9.53 Å². The van der Waals surface area contributed by atoms with Crippen LogP contribution in [0.2, 0.25) is 0 Å². The first-order valence-corrected chi connectivity index (χ1v) is 8.97. The van der Waals surface area contributed by atoms with Crippen molar-refractivity contribution in [1.29, 1.82) is 5.26 Å². The summed E-state index contributed by atoms with van der Waals surface area (Å²) in [5.74, 6) is -0.198. The molecule has 1 aromatic rings. The van der Waals surface area contributed by atoms with Gasteiger partial charge < -0.3 is 14.5 Å². The fourth-order valence-corrected chi connectivity index (χ4v) is 3.75. The van der Waals surface area contributed by atoms with Gasteiger partial charge in [0.15, 0.2) is 0 Å². The van der Waals surface area contributed by atoms with Crippen LogP contribution in [0.15, 0.2) is 34.0 Å². The number of allylic oxidation sites excluding steroid dienone is 2. The summed E-state index contributed by atoms with van der Waals surface area (Å²) in [6.45, 7) is 3.17. The monoisotopic (exact) mass is 401 g/mol. The fourth-order valence-electron chi connectivity index (χ4n) is 3.11. The summed E-state index contributed by atoms with van der Waals surface area (Å²) in [5, 5.41) is 9.26. The number of ether oxygens (including phenoxy) is 1. The lowest BCUT2D eigenvalue weighted by Gasteiger charge is -2.30. The first-order chi connectivity index (χ1) is 12.0. The molecule has 2 aliphatic rings. The van der Waals surface area contributed by atoms with Crippen LogP contribution in [0.25, 0.3) is 6.08 Å². The van der Waals surface area contributed by atoms with Crippen LogP contribution < -0.4 is 4.90 Å². The lowest BCUT2D eigenvalue weighted by molar-refractivity contribution is -0.111. The molecule has 0 amide bonds. The SMILES string of the molecule is CN(C)/C=C(\C#N)C(=O)C1=Cc2cc(N3CCOCC3)c(Br)cc2C1. The smallest absolute Gasteiger partial charge is 0.201 e. The number of hydrogen-bond donors (Lipinski definition) is 0. The highest BCUT2D eigenvalue weighted by Gasteiger charge is 2.24. The van der Waals surface area contributed by atoms with Gasteiger partial charge >= 0.3 is 0 Å². The third kappa shape index (κ3) is 3.78. The predicted molar refractivity (Wildman–Crippen MR) is 101 cm³/mol. The van der Waals surface area contributed by atoms with Crippen molar-refractivity contribution in [3.8, 4) is 6.07 Å². The summed E-state index contributed by atoms with van der Waals surface area (Å²) in [7, 11) is 3.60. The molecule has 0 bridgehead atoms. The van der Waals surface area contributed by atoms with E-state index in [1.165, 1.54) is 0 Å². The highest BCUT2D eigenvalue weighted by molar-refractivity contribution is 9.10. The van der Waals surface area contributed by atoms with E-state index < -0.39 is 0 Å². The third-order valence-corrected chi connectivity index (χ3v) is 4.95. The van der Waals surface area contributed by atoms with E-state index in [-0.39, 0.29) is 11.4 Å². The van der Waals surface area contributed by atoms with Crippen LogP contribution in [0.5, 0.6) is 0 Å². The average molecular weight is 402 g/mol. The molecular formula is C19H20BrN3O2. The molecule has 1 aliphatic heterocycles. The molecule has 5 nitrogen and oxygen atoms in total. The van der Waals surface area contributed by atoms with E-state index in [1.807, 2.05) is 12.1 Å². The standard InChI is InChI=1S/C19H20BrN3O2/c1-22(2)12-16(11-21)19(24)15-7-13-9-17(20)18(10-14(13)8-15)23-3-5-25-6-4-23/h8-10,12H,3-7H2,1-2H3/b16-12+. The summed E-state index contributed by atoms with van der Waals surface area (Å²) in [6.07, 6.45) is 4.04. The molecule has 0 unspecified atom stereocenters. The van der Waals surface area contributed by atoms with Gasteiger partial charge in [-0.05, 0) is 45.3 Å². The maximum atomic E-state index is 12.6. The molecule has 1 heterocycles. The molecule has 3 rings (SSSR count). The van der Waals surface area contributed by atoms with Crippen LogP contribution in [0, 0.1) is 11.3 Å². The molecule has 130 valence electrons. The Kier molecular flexibility index (Phi) is 5.26. The van der Waals surface area contributed by atoms with Crippen LogP contribution >= 0.6 is 15.9 Å². The molecule has 0 N–H and O–H groups in total. The lowest BCUT2D eigenvalue weighted by atomic mass is 10.0. The van der Waals surface area contributed by atoms with Gasteiger partial charge in [-0.3, -0.25) is 4.79 Å². The van der Waals surface area contributed by atoms with E-state index in [0.29, 0.717) is 12.0 Å². The van der Waals surface area contributed by atoms with Crippen LogP contribution in [0.1, 0.15) is 11.1 Å². The van der Waals surface area contributed by atoms with Gasteiger partial charge in [0.1, 0.15) is 11.6 Å². The van der Waals surface area contributed by atoms with Gasteiger partial charge in [-0.2, -0.15) is 5.26 Å². The number of hydrogen-bond acceptors (Lipinski definition) is 5. The molecule has 1 fully saturated rings. The minimum Gasteiger partial charge on any atom is -0.382 e. The van der Waals surface area contributed by atoms with Crippen LogP contribution in [-0.4, -0.2) is 51.1 Å². The van der Waals surface area contributed by atoms with Gasteiger partial charge in [0.05, 0.1) is 18.9 Å². The van der Waals surface area contributed by atoms with Crippen LogP contribution in [0.3, 0.4) is 0 Å². The number of ketones is 1. The molecule has 6 heteroatoms. The molecular weight excluding hydrogens is 382 g/mol. The van der Waals surface area contributed by atoms with E-state index in [4.69, 9.17) is 4.74 Å². The van der Waals surface area contributed by atoms with Crippen molar-refractivity contribution in [2.45, 2.75) is 6.42 Å². The number of rotatable bonds is 4. The molecule has 0 radical (unpaired) electrons. The molecule has 25 heavy (non-hydrogen) atoms. The number of fused-ring (bicyclic) bond motifs is 1. The van der Waals surface area contributed by atoms with E-state index >= 15 is 0 Å². The van der Waals surface area contributed by atoms with Gasteiger partial charge in [-0.25, -0.2) is 0 Å². The second kappa shape index (κ2) is 7.42. The zero-order valence-electron chi connectivity index (χ0n) is 14.4.